The van der Waals surface area contributed by atoms with Crippen LogP contribution in [0.15, 0.2) is 24.4 Å². The maximum absolute atomic E-state index is 13.0. The molecule has 0 spiro atoms. The van der Waals surface area contributed by atoms with Crippen molar-refractivity contribution < 1.29 is 9.59 Å². The number of benzene rings is 1. The van der Waals surface area contributed by atoms with Gasteiger partial charge in [0.05, 0.1) is 12.2 Å². The Balaban J connectivity index is 1.40. The molecule has 0 unspecified atom stereocenters. The monoisotopic (exact) mass is 524 g/mol. The van der Waals surface area contributed by atoms with Gasteiger partial charge in [-0.25, -0.2) is 4.98 Å². The van der Waals surface area contributed by atoms with Crippen LogP contribution in [0.5, 0.6) is 0 Å². The third-order valence-electron chi connectivity index (χ3n) is 6.33. The van der Waals surface area contributed by atoms with Gasteiger partial charge in [0.2, 0.25) is 17.8 Å². The lowest BCUT2D eigenvalue weighted by Crippen LogP contribution is -2.54. The molecule has 182 valence electrons. The Kier molecular flexibility index (Phi) is 7.70. The first kappa shape index (κ1) is 24.8. The van der Waals surface area contributed by atoms with E-state index in [0.717, 1.165) is 18.4 Å². The lowest BCUT2D eigenvalue weighted by molar-refractivity contribution is -0.143. The van der Waals surface area contributed by atoms with Crippen molar-refractivity contribution in [3.63, 3.8) is 0 Å². The first-order valence-electron chi connectivity index (χ1n) is 11.3. The molecule has 0 bridgehead atoms. The molecule has 2 fully saturated rings. The molecule has 8 nitrogen and oxygen atoms in total. The van der Waals surface area contributed by atoms with Gasteiger partial charge in [-0.1, -0.05) is 40.9 Å². The van der Waals surface area contributed by atoms with E-state index in [1.54, 1.807) is 23.2 Å². The number of piperazine rings is 1. The second-order valence-electron chi connectivity index (χ2n) is 8.58. The Labute approximate surface area is 214 Å². The van der Waals surface area contributed by atoms with E-state index in [-0.39, 0.29) is 23.9 Å². The molecular weight excluding hydrogens is 499 g/mol. The van der Waals surface area contributed by atoms with Gasteiger partial charge in [-0.05, 0) is 37.5 Å². The predicted octanol–water partition coefficient (Wildman–Crippen LogP) is 4.27. The number of likely N-dealkylation sites (tertiary alicyclic amines) is 1. The summed E-state index contributed by atoms with van der Waals surface area (Å²) >= 11 is 18.7. The van der Waals surface area contributed by atoms with Crippen LogP contribution in [0.1, 0.15) is 38.3 Å². The van der Waals surface area contributed by atoms with Crippen LogP contribution in [0, 0.1) is 0 Å². The number of carbonyl (C=O) groups excluding carboxylic acids is 2. The molecule has 34 heavy (non-hydrogen) atoms. The summed E-state index contributed by atoms with van der Waals surface area (Å²) in [7, 11) is 0. The van der Waals surface area contributed by atoms with Gasteiger partial charge in [0.25, 0.3) is 0 Å². The van der Waals surface area contributed by atoms with Gasteiger partial charge < -0.3 is 20.0 Å². The number of hydrogen-bond donors (Lipinski definition) is 1. The number of aromatic nitrogens is 2. The number of nitrogens with zero attached hydrogens (tertiary/aromatic N) is 5. The minimum absolute atomic E-state index is 0.0281. The maximum Gasteiger partial charge on any atom is 0.245 e. The third-order valence-corrected chi connectivity index (χ3v) is 7.17. The van der Waals surface area contributed by atoms with E-state index >= 15 is 0 Å². The van der Waals surface area contributed by atoms with E-state index in [1.165, 1.54) is 6.92 Å². The number of amides is 2. The summed E-state index contributed by atoms with van der Waals surface area (Å²) in [5.74, 6) is 1.03. The SMILES string of the molecule is CC(=O)N1CCC[C@@H]1C(=O)N1CCN(c2ncc(Cl)c(N[C@H](C)c3ccc(Cl)cc3Cl)n2)CC1. The summed E-state index contributed by atoms with van der Waals surface area (Å²) in [4.78, 5) is 39.4. The van der Waals surface area contributed by atoms with Crippen LogP contribution < -0.4 is 10.2 Å². The summed E-state index contributed by atoms with van der Waals surface area (Å²) in [6.07, 6.45) is 3.16. The van der Waals surface area contributed by atoms with Gasteiger partial charge in [0.15, 0.2) is 5.82 Å². The van der Waals surface area contributed by atoms with E-state index in [1.807, 2.05) is 22.8 Å². The molecule has 2 aliphatic rings. The number of hydrogen-bond acceptors (Lipinski definition) is 6. The summed E-state index contributed by atoms with van der Waals surface area (Å²) < 4.78 is 0. The standard InChI is InChI=1S/C23H27Cl3N6O2/c1-14(17-6-5-16(24)12-18(17)25)28-21-19(26)13-27-23(29-21)31-10-8-30(9-11-31)22(34)20-4-3-7-32(20)15(2)33/h5-6,12-14,20H,3-4,7-11H2,1-2H3,(H,27,28,29)/t14-,20-/m1/s1. The first-order chi connectivity index (χ1) is 16.2. The third kappa shape index (κ3) is 5.34. The molecule has 2 aliphatic heterocycles. The largest absolute Gasteiger partial charge is 0.362 e. The Morgan fingerprint density at radius 2 is 1.82 bits per heavy atom. The molecular formula is C23H27Cl3N6O2. The lowest BCUT2D eigenvalue weighted by Gasteiger charge is -2.37. The van der Waals surface area contributed by atoms with Crippen LogP contribution in [-0.2, 0) is 9.59 Å². The van der Waals surface area contributed by atoms with Gasteiger partial charge in [-0.15, -0.1) is 0 Å². The van der Waals surface area contributed by atoms with Crippen LogP contribution in [-0.4, -0.2) is 70.3 Å². The topological polar surface area (TPSA) is 81.7 Å². The van der Waals surface area contributed by atoms with E-state index in [0.29, 0.717) is 59.6 Å². The van der Waals surface area contributed by atoms with Crippen molar-refractivity contribution in [2.45, 2.75) is 38.8 Å². The maximum atomic E-state index is 13.0. The highest BCUT2D eigenvalue weighted by atomic mass is 35.5. The fourth-order valence-corrected chi connectivity index (χ4v) is 5.20. The van der Waals surface area contributed by atoms with Crippen LogP contribution in [0.4, 0.5) is 11.8 Å². The quantitative estimate of drug-likeness (QED) is 0.628. The van der Waals surface area contributed by atoms with E-state index in [9.17, 15) is 9.59 Å². The Bertz CT molecular complexity index is 1080. The van der Waals surface area contributed by atoms with Gasteiger partial charge in [-0.2, -0.15) is 4.98 Å². The molecule has 1 aromatic heterocycles. The molecule has 2 amide bonds. The van der Waals surface area contributed by atoms with Crippen molar-refractivity contribution in [2.24, 2.45) is 0 Å². The Morgan fingerprint density at radius 1 is 1.09 bits per heavy atom. The van der Waals surface area contributed by atoms with Crippen LogP contribution in [0.2, 0.25) is 15.1 Å². The number of nitrogens with one attached hydrogen (secondary N) is 1. The zero-order valence-corrected chi connectivity index (χ0v) is 21.4. The van der Waals surface area contributed by atoms with Gasteiger partial charge >= 0.3 is 0 Å². The van der Waals surface area contributed by atoms with Crippen LogP contribution in [0.3, 0.4) is 0 Å². The molecule has 0 radical (unpaired) electrons. The summed E-state index contributed by atoms with van der Waals surface area (Å²) in [5, 5.41) is 4.84. The number of anilines is 2. The van der Waals surface area contributed by atoms with E-state index in [4.69, 9.17) is 34.8 Å². The normalized spacial score (nSPS) is 19.3. The molecule has 2 atom stereocenters. The van der Waals surface area contributed by atoms with Crippen molar-refractivity contribution >= 4 is 58.4 Å². The number of halogens is 3. The van der Waals surface area contributed by atoms with Crippen molar-refractivity contribution in [3.8, 4) is 0 Å². The highest BCUT2D eigenvalue weighted by Crippen LogP contribution is 2.31. The molecule has 1 N–H and O–H groups in total. The number of carbonyl (C=O) groups is 2. The predicted molar refractivity (Wildman–Crippen MR) is 135 cm³/mol. The Hall–Kier alpha value is -2.29. The molecule has 4 rings (SSSR count). The van der Waals surface area contributed by atoms with Gasteiger partial charge in [0, 0.05) is 49.7 Å². The smallest absolute Gasteiger partial charge is 0.245 e. The lowest BCUT2D eigenvalue weighted by atomic mass is 10.1. The molecule has 2 aromatic rings. The highest BCUT2D eigenvalue weighted by Gasteiger charge is 2.36. The summed E-state index contributed by atoms with van der Waals surface area (Å²) in [6, 6.07) is 4.86. The van der Waals surface area contributed by atoms with E-state index < -0.39 is 0 Å². The van der Waals surface area contributed by atoms with E-state index in [2.05, 4.69) is 15.3 Å². The Morgan fingerprint density at radius 3 is 2.50 bits per heavy atom. The van der Waals surface area contributed by atoms with Gasteiger partial charge in [0.1, 0.15) is 11.1 Å². The highest BCUT2D eigenvalue weighted by molar-refractivity contribution is 6.35. The fourth-order valence-electron chi connectivity index (χ4n) is 4.48. The number of rotatable bonds is 5. The zero-order chi connectivity index (χ0) is 24.4. The molecule has 3 heterocycles. The average Bonchev–Trinajstić information content (AvgIpc) is 3.30. The van der Waals surface area contributed by atoms with Crippen molar-refractivity contribution in [3.05, 3.63) is 45.0 Å². The molecule has 0 aliphatic carbocycles. The van der Waals surface area contributed by atoms with Crippen molar-refractivity contribution in [2.75, 3.05) is 42.9 Å². The molecule has 1 aromatic carbocycles. The summed E-state index contributed by atoms with van der Waals surface area (Å²) in [6.45, 7) is 6.43. The fraction of sp³-hybridized carbons (Fsp3) is 0.478. The second-order valence-corrected chi connectivity index (χ2v) is 9.83. The molecule has 2 saturated heterocycles. The van der Waals surface area contributed by atoms with Crippen LogP contribution >= 0.6 is 34.8 Å². The molecule has 0 saturated carbocycles. The summed E-state index contributed by atoms with van der Waals surface area (Å²) in [5.41, 5.74) is 0.876. The zero-order valence-electron chi connectivity index (χ0n) is 19.1. The van der Waals surface area contributed by atoms with Crippen molar-refractivity contribution in [1.82, 2.24) is 19.8 Å². The average molecular weight is 526 g/mol. The first-order valence-corrected chi connectivity index (χ1v) is 12.4. The van der Waals surface area contributed by atoms with Crippen molar-refractivity contribution in [1.29, 1.82) is 0 Å². The minimum atomic E-state index is -0.340. The van der Waals surface area contributed by atoms with Crippen LogP contribution in [0.25, 0.3) is 0 Å². The minimum Gasteiger partial charge on any atom is -0.362 e. The van der Waals surface area contributed by atoms with Gasteiger partial charge in [-0.3, -0.25) is 9.59 Å². The second kappa shape index (κ2) is 10.5. The molecule has 11 heteroatoms.